The van der Waals surface area contributed by atoms with Crippen molar-refractivity contribution in [2.75, 3.05) is 0 Å². The van der Waals surface area contributed by atoms with Gasteiger partial charge in [0.2, 0.25) is 0 Å². The second kappa shape index (κ2) is 5.82. The van der Waals surface area contributed by atoms with E-state index < -0.39 is 0 Å². The maximum Gasteiger partial charge on any atom is 0.0638 e. The van der Waals surface area contributed by atoms with E-state index >= 15 is 0 Å². The Kier molecular flexibility index (Phi) is 4.15. The number of aryl methyl sites for hydroxylation is 3. The average molecular weight is 247 g/mol. The SMILES string of the molecule is CCCn1cc(CNCc2cnn(C)c2)c(C)n1. The van der Waals surface area contributed by atoms with E-state index in [1.165, 1.54) is 11.1 Å². The smallest absolute Gasteiger partial charge is 0.0638 e. The normalized spacial score (nSPS) is 11.1. The molecule has 0 unspecified atom stereocenters. The van der Waals surface area contributed by atoms with Crippen LogP contribution in [0.2, 0.25) is 0 Å². The van der Waals surface area contributed by atoms with E-state index in [9.17, 15) is 0 Å². The minimum absolute atomic E-state index is 0.840. The van der Waals surface area contributed by atoms with Crippen molar-refractivity contribution in [2.45, 2.75) is 39.9 Å². The summed E-state index contributed by atoms with van der Waals surface area (Å²) in [6.07, 6.45) is 7.17. The molecule has 0 fully saturated rings. The van der Waals surface area contributed by atoms with Gasteiger partial charge in [0.1, 0.15) is 0 Å². The molecule has 0 aromatic carbocycles. The summed E-state index contributed by atoms with van der Waals surface area (Å²) in [5, 5.41) is 12.1. The zero-order valence-electron chi connectivity index (χ0n) is 11.3. The van der Waals surface area contributed by atoms with E-state index in [1.807, 2.05) is 28.8 Å². The minimum Gasteiger partial charge on any atom is -0.308 e. The maximum atomic E-state index is 4.49. The fraction of sp³-hybridized carbons (Fsp3) is 0.538. The van der Waals surface area contributed by atoms with Gasteiger partial charge in [-0.3, -0.25) is 9.36 Å². The molecule has 0 amide bonds. The van der Waals surface area contributed by atoms with Crippen molar-refractivity contribution in [3.8, 4) is 0 Å². The Morgan fingerprint density at radius 3 is 2.78 bits per heavy atom. The highest BCUT2D eigenvalue weighted by Crippen LogP contribution is 2.06. The number of nitrogens with one attached hydrogen (secondary N) is 1. The largest absolute Gasteiger partial charge is 0.308 e. The van der Waals surface area contributed by atoms with Gasteiger partial charge in [-0.15, -0.1) is 0 Å². The highest BCUT2D eigenvalue weighted by molar-refractivity contribution is 5.15. The molecule has 0 saturated heterocycles. The van der Waals surface area contributed by atoms with Gasteiger partial charge in [0.15, 0.2) is 0 Å². The molecule has 0 aliphatic rings. The third-order valence-electron chi connectivity index (χ3n) is 2.90. The highest BCUT2D eigenvalue weighted by Gasteiger charge is 2.04. The van der Waals surface area contributed by atoms with Gasteiger partial charge >= 0.3 is 0 Å². The standard InChI is InChI=1S/C13H21N5/c1-4-5-18-10-13(11(2)16-18)8-14-6-12-7-15-17(3)9-12/h7,9-10,14H,4-6,8H2,1-3H3. The molecule has 2 heterocycles. The van der Waals surface area contributed by atoms with Crippen LogP contribution in [0.3, 0.4) is 0 Å². The topological polar surface area (TPSA) is 47.7 Å². The van der Waals surface area contributed by atoms with Crippen molar-refractivity contribution >= 4 is 0 Å². The number of aromatic nitrogens is 4. The monoisotopic (exact) mass is 247 g/mol. The van der Waals surface area contributed by atoms with Crippen LogP contribution in [0.1, 0.15) is 30.2 Å². The van der Waals surface area contributed by atoms with Crippen molar-refractivity contribution < 1.29 is 0 Å². The molecule has 0 atom stereocenters. The summed E-state index contributed by atoms with van der Waals surface area (Å²) in [5.41, 5.74) is 3.59. The van der Waals surface area contributed by atoms with E-state index in [2.05, 4.69) is 35.6 Å². The van der Waals surface area contributed by atoms with Gasteiger partial charge in [0.25, 0.3) is 0 Å². The van der Waals surface area contributed by atoms with Crippen LogP contribution in [0.25, 0.3) is 0 Å². The third-order valence-corrected chi connectivity index (χ3v) is 2.90. The molecule has 5 heteroatoms. The summed E-state index contributed by atoms with van der Waals surface area (Å²) in [7, 11) is 1.93. The molecule has 18 heavy (non-hydrogen) atoms. The fourth-order valence-electron chi connectivity index (χ4n) is 1.98. The van der Waals surface area contributed by atoms with Gasteiger partial charge in [-0.05, 0) is 13.3 Å². The molecular weight excluding hydrogens is 226 g/mol. The zero-order valence-corrected chi connectivity index (χ0v) is 11.3. The fourth-order valence-corrected chi connectivity index (χ4v) is 1.98. The lowest BCUT2D eigenvalue weighted by Gasteiger charge is -2.01. The Morgan fingerprint density at radius 1 is 1.28 bits per heavy atom. The minimum atomic E-state index is 0.840. The Bertz CT molecular complexity index is 497. The summed E-state index contributed by atoms with van der Waals surface area (Å²) < 4.78 is 3.85. The lowest BCUT2D eigenvalue weighted by Crippen LogP contribution is -2.12. The number of rotatable bonds is 6. The van der Waals surface area contributed by atoms with Gasteiger partial charge in [-0.1, -0.05) is 6.92 Å². The van der Waals surface area contributed by atoms with Gasteiger partial charge in [0.05, 0.1) is 11.9 Å². The molecule has 2 aromatic rings. The molecule has 0 aliphatic heterocycles. The molecule has 98 valence electrons. The molecule has 2 aromatic heterocycles. The lowest BCUT2D eigenvalue weighted by molar-refractivity contribution is 0.597. The van der Waals surface area contributed by atoms with Gasteiger partial charge in [-0.2, -0.15) is 10.2 Å². The van der Waals surface area contributed by atoms with Crippen LogP contribution < -0.4 is 5.32 Å². The summed E-state index contributed by atoms with van der Waals surface area (Å²) in [6, 6.07) is 0. The number of hydrogen-bond donors (Lipinski definition) is 1. The first-order chi connectivity index (χ1) is 8.69. The Labute approximate surface area is 108 Å². The van der Waals surface area contributed by atoms with Crippen LogP contribution in [-0.2, 0) is 26.7 Å². The van der Waals surface area contributed by atoms with E-state index in [0.717, 1.165) is 31.7 Å². The second-order valence-corrected chi connectivity index (χ2v) is 4.63. The van der Waals surface area contributed by atoms with Gasteiger partial charge in [0, 0.05) is 50.2 Å². The molecule has 0 radical (unpaired) electrons. The van der Waals surface area contributed by atoms with Crippen LogP contribution in [0.15, 0.2) is 18.6 Å². The van der Waals surface area contributed by atoms with E-state index in [1.54, 1.807) is 0 Å². The first-order valence-electron chi connectivity index (χ1n) is 6.40. The van der Waals surface area contributed by atoms with E-state index in [0.29, 0.717) is 0 Å². The highest BCUT2D eigenvalue weighted by atomic mass is 15.3. The van der Waals surface area contributed by atoms with Crippen molar-refractivity contribution in [3.05, 3.63) is 35.4 Å². The zero-order chi connectivity index (χ0) is 13.0. The Balaban J connectivity index is 1.86. The third kappa shape index (κ3) is 3.20. The molecule has 0 saturated carbocycles. The van der Waals surface area contributed by atoms with Crippen LogP contribution in [0.4, 0.5) is 0 Å². The summed E-state index contributed by atoms with van der Waals surface area (Å²) in [4.78, 5) is 0. The van der Waals surface area contributed by atoms with Crippen LogP contribution in [0.5, 0.6) is 0 Å². The Hall–Kier alpha value is -1.62. The van der Waals surface area contributed by atoms with Gasteiger partial charge in [-0.25, -0.2) is 0 Å². The predicted molar refractivity (Wildman–Crippen MR) is 71.0 cm³/mol. The van der Waals surface area contributed by atoms with Gasteiger partial charge < -0.3 is 5.32 Å². The van der Waals surface area contributed by atoms with Crippen LogP contribution in [-0.4, -0.2) is 19.6 Å². The first kappa shape index (κ1) is 12.8. The van der Waals surface area contributed by atoms with Crippen molar-refractivity contribution in [1.29, 1.82) is 0 Å². The molecule has 1 N–H and O–H groups in total. The Morgan fingerprint density at radius 2 is 2.11 bits per heavy atom. The van der Waals surface area contributed by atoms with Crippen molar-refractivity contribution in [3.63, 3.8) is 0 Å². The van der Waals surface area contributed by atoms with Crippen LogP contribution in [0, 0.1) is 6.92 Å². The summed E-state index contributed by atoms with van der Waals surface area (Å²) in [5.74, 6) is 0. The molecule has 0 bridgehead atoms. The second-order valence-electron chi connectivity index (χ2n) is 4.63. The molecular formula is C13H21N5. The van der Waals surface area contributed by atoms with E-state index in [-0.39, 0.29) is 0 Å². The lowest BCUT2D eigenvalue weighted by atomic mass is 10.2. The molecule has 0 spiro atoms. The molecule has 2 rings (SSSR count). The quantitative estimate of drug-likeness (QED) is 0.844. The van der Waals surface area contributed by atoms with Crippen LogP contribution >= 0.6 is 0 Å². The summed E-state index contributed by atoms with van der Waals surface area (Å²) >= 11 is 0. The van der Waals surface area contributed by atoms with Crippen molar-refractivity contribution in [1.82, 2.24) is 24.9 Å². The number of nitrogens with zero attached hydrogens (tertiary/aromatic N) is 4. The predicted octanol–water partition coefficient (Wildman–Crippen LogP) is 1.62. The van der Waals surface area contributed by atoms with Crippen molar-refractivity contribution in [2.24, 2.45) is 7.05 Å². The first-order valence-corrected chi connectivity index (χ1v) is 6.40. The van der Waals surface area contributed by atoms with E-state index in [4.69, 9.17) is 0 Å². The average Bonchev–Trinajstić information content (AvgIpc) is 2.87. The molecule has 0 aliphatic carbocycles. The molecule has 5 nitrogen and oxygen atoms in total. The maximum absolute atomic E-state index is 4.49. The number of hydrogen-bond acceptors (Lipinski definition) is 3. The summed E-state index contributed by atoms with van der Waals surface area (Å²) in [6.45, 7) is 6.91.